The highest BCUT2D eigenvalue weighted by atomic mass is 15.2. The Kier molecular flexibility index (Phi) is 16.8. The van der Waals surface area contributed by atoms with Crippen molar-refractivity contribution in [3.05, 3.63) is 173 Å². The van der Waals surface area contributed by atoms with Gasteiger partial charge in [-0.05, 0) is 156 Å². The highest BCUT2D eigenvalue weighted by molar-refractivity contribution is 6.03. The van der Waals surface area contributed by atoms with E-state index >= 15 is 0 Å². The second-order valence-corrected chi connectivity index (χ2v) is 20.2. The minimum Gasteiger partial charge on any atom is -0.364 e. The molecule has 2 aromatic carbocycles. The van der Waals surface area contributed by atoms with Gasteiger partial charge in [-0.3, -0.25) is 0 Å². The molecular formula is C61H80N2. The number of unbranched alkanes of at least 4 members (excludes halogenated alkanes) is 2. The standard InChI is InChI=1S/C61H80N2/c1-11-14-15-16-26-42-62(43-27-33-49(28-12-2)60(5,6)7)53-40-41-55-57(45-53)58(47-29-20-17-21-30-47)54(13-3)56(59(55)48-31-22-18-23-32-48)44-46(4)63(51-34-24-19-25-35-51)52-38-36-50(37-39-52)61(8,9)10/h12,16,19-20,22,24,26-31,33-34,36-38,40-41,44-45,48,52H,2,11,13-15,17-18,21,23,25,32,35,39,42-43H2,1,3-10H3/b26-16-,33-27-,46-44+,49-28+. The molecule has 0 saturated heterocycles. The van der Waals surface area contributed by atoms with E-state index in [0.717, 1.165) is 58.0 Å². The van der Waals surface area contributed by atoms with Crippen LogP contribution in [0.25, 0.3) is 22.4 Å². The Balaban J connectivity index is 1.57. The van der Waals surface area contributed by atoms with E-state index in [1.807, 2.05) is 6.08 Å². The normalized spacial score (nSPS) is 19.9. The number of hydrogen-bond acceptors (Lipinski definition) is 2. The van der Waals surface area contributed by atoms with E-state index in [9.17, 15) is 0 Å². The van der Waals surface area contributed by atoms with Crippen LogP contribution in [0.3, 0.4) is 0 Å². The molecular weight excluding hydrogens is 761 g/mol. The predicted molar refractivity (Wildman–Crippen MR) is 280 cm³/mol. The molecule has 0 saturated carbocycles. The second kappa shape index (κ2) is 22.2. The predicted octanol–water partition coefficient (Wildman–Crippen LogP) is 17.4. The summed E-state index contributed by atoms with van der Waals surface area (Å²) >= 11 is 0. The molecule has 4 aliphatic carbocycles. The fourth-order valence-corrected chi connectivity index (χ4v) is 9.93. The summed E-state index contributed by atoms with van der Waals surface area (Å²) in [6.07, 6.45) is 56.2. The smallest absolute Gasteiger partial charge is 0.0553 e. The van der Waals surface area contributed by atoms with E-state index in [4.69, 9.17) is 0 Å². The average molecular weight is 841 g/mol. The molecule has 0 spiro atoms. The zero-order valence-corrected chi connectivity index (χ0v) is 40.8. The Hall–Kier alpha value is -4.82. The third-order valence-electron chi connectivity index (χ3n) is 13.4. The Morgan fingerprint density at radius 2 is 1.70 bits per heavy atom. The molecule has 6 rings (SSSR count). The Morgan fingerprint density at radius 3 is 2.33 bits per heavy atom. The van der Waals surface area contributed by atoms with Gasteiger partial charge in [0, 0.05) is 36.1 Å². The number of anilines is 1. The molecule has 0 amide bonds. The van der Waals surface area contributed by atoms with Crippen LogP contribution >= 0.6 is 0 Å². The maximum atomic E-state index is 4.02. The molecule has 63 heavy (non-hydrogen) atoms. The third kappa shape index (κ3) is 12.1. The quantitative estimate of drug-likeness (QED) is 0.0889. The maximum Gasteiger partial charge on any atom is 0.0553 e. The van der Waals surface area contributed by atoms with Crippen molar-refractivity contribution in [1.29, 1.82) is 0 Å². The van der Waals surface area contributed by atoms with E-state index in [0.29, 0.717) is 5.92 Å². The Labute approximate surface area is 384 Å². The van der Waals surface area contributed by atoms with Gasteiger partial charge in [-0.25, -0.2) is 0 Å². The van der Waals surface area contributed by atoms with Crippen LogP contribution in [0.5, 0.6) is 0 Å². The van der Waals surface area contributed by atoms with E-state index in [1.165, 1.54) is 98.9 Å². The number of hydrogen-bond donors (Lipinski definition) is 0. The van der Waals surface area contributed by atoms with Crippen molar-refractivity contribution in [3.8, 4) is 0 Å². The number of benzene rings is 2. The number of nitrogens with zero attached hydrogens (tertiary/aromatic N) is 2. The first kappa shape index (κ1) is 47.7. The topological polar surface area (TPSA) is 6.48 Å². The molecule has 2 atom stereocenters. The van der Waals surface area contributed by atoms with Crippen LogP contribution in [0.2, 0.25) is 0 Å². The highest BCUT2D eigenvalue weighted by Gasteiger charge is 2.28. The molecule has 334 valence electrons. The van der Waals surface area contributed by atoms with Crippen LogP contribution in [0.1, 0.15) is 161 Å². The first-order chi connectivity index (χ1) is 30.3. The fourth-order valence-electron chi connectivity index (χ4n) is 9.93. The zero-order valence-electron chi connectivity index (χ0n) is 40.8. The first-order valence-electron chi connectivity index (χ1n) is 24.6. The first-order valence-corrected chi connectivity index (χ1v) is 24.6. The molecule has 2 unspecified atom stereocenters. The van der Waals surface area contributed by atoms with Crippen LogP contribution in [0.15, 0.2) is 151 Å². The molecule has 0 radical (unpaired) electrons. The number of allylic oxidation sites excluding steroid dienone is 18. The van der Waals surface area contributed by atoms with E-state index in [-0.39, 0.29) is 16.9 Å². The maximum absolute atomic E-state index is 4.02. The molecule has 2 nitrogen and oxygen atoms in total. The molecule has 0 fully saturated rings. The Bertz CT molecular complexity index is 2270. The summed E-state index contributed by atoms with van der Waals surface area (Å²) in [6.45, 7) is 26.6. The van der Waals surface area contributed by atoms with Gasteiger partial charge in [-0.15, -0.1) is 0 Å². The molecule has 2 heteroatoms. The third-order valence-corrected chi connectivity index (χ3v) is 13.4. The van der Waals surface area contributed by atoms with Crippen LogP contribution in [0, 0.1) is 10.8 Å². The van der Waals surface area contributed by atoms with Gasteiger partial charge in [0.15, 0.2) is 0 Å². The van der Waals surface area contributed by atoms with Gasteiger partial charge in [0.05, 0.1) is 6.04 Å². The minimum absolute atomic E-state index is 0.0427. The van der Waals surface area contributed by atoms with E-state index < -0.39 is 0 Å². The fraction of sp³-hybridized carbons (Fsp3) is 0.443. The van der Waals surface area contributed by atoms with Gasteiger partial charge in [0.25, 0.3) is 0 Å². The largest absolute Gasteiger partial charge is 0.364 e. The summed E-state index contributed by atoms with van der Waals surface area (Å²) in [5.41, 5.74) is 14.2. The lowest BCUT2D eigenvalue weighted by Gasteiger charge is -2.37. The lowest BCUT2D eigenvalue weighted by molar-refractivity contribution is 0.348. The van der Waals surface area contributed by atoms with Gasteiger partial charge in [0.2, 0.25) is 0 Å². The molecule has 0 aliphatic heterocycles. The van der Waals surface area contributed by atoms with Gasteiger partial charge in [0.1, 0.15) is 0 Å². The van der Waals surface area contributed by atoms with E-state index in [1.54, 1.807) is 0 Å². The van der Waals surface area contributed by atoms with Crippen molar-refractivity contribution in [2.24, 2.45) is 10.8 Å². The summed E-state index contributed by atoms with van der Waals surface area (Å²) in [7, 11) is 0. The van der Waals surface area contributed by atoms with Crippen LogP contribution < -0.4 is 4.90 Å². The monoisotopic (exact) mass is 841 g/mol. The lowest BCUT2D eigenvalue weighted by atomic mass is 9.77. The SMILES string of the molecule is C=C/C=C(\C=C/CN(C/C=C\CCCC)c1ccc2c(C3C=CCCC3)c(/C=C(\C)N(C3=CC=CCC3)C3C=CC(C(C)(C)C)=CC3)c(CC)c(C3=CCCC=C3)c2c1)C(C)(C)C. The summed E-state index contributed by atoms with van der Waals surface area (Å²) in [5.74, 6) is 0.367. The van der Waals surface area contributed by atoms with Crippen molar-refractivity contribution < 1.29 is 0 Å². The van der Waals surface area contributed by atoms with E-state index in [2.05, 4.69) is 200 Å². The zero-order chi connectivity index (χ0) is 45.0. The van der Waals surface area contributed by atoms with Crippen LogP contribution in [-0.4, -0.2) is 24.0 Å². The molecule has 2 aromatic rings. The molecule has 0 aromatic heterocycles. The minimum atomic E-state index is 0.0427. The lowest BCUT2D eigenvalue weighted by Crippen LogP contribution is -2.33. The van der Waals surface area contributed by atoms with Crippen LogP contribution in [0.4, 0.5) is 5.69 Å². The molecule has 0 bridgehead atoms. The van der Waals surface area contributed by atoms with Crippen LogP contribution in [-0.2, 0) is 6.42 Å². The summed E-state index contributed by atoms with van der Waals surface area (Å²) in [5, 5.41) is 2.80. The summed E-state index contributed by atoms with van der Waals surface area (Å²) in [4.78, 5) is 5.24. The van der Waals surface area contributed by atoms with Crippen molar-refractivity contribution in [2.75, 3.05) is 18.0 Å². The van der Waals surface area contributed by atoms with Crippen molar-refractivity contribution in [3.63, 3.8) is 0 Å². The number of fused-ring (bicyclic) bond motifs is 1. The molecule has 4 aliphatic rings. The highest BCUT2D eigenvalue weighted by Crippen LogP contribution is 2.45. The molecule has 0 heterocycles. The summed E-state index contributed by atoms with van der Waals surface area (Å²) < 4.78 is 0. The number of rotatable bonds is 17. The second-order valence-electron chi connectivity index (χ2n) is 20.2. The van der Waals surface area contributed by atoms with Gasteiger partial charge < -0.3 is 9.80 Å². The molecule has 0 N–H and O–H groups in total. The van der Waals surface area contributed by atoms with Crippen molar-refractivity contribution in [2.45, 2.75) is 151 Å². The van der Waals surface area contributed by atoms with Gasteiger partial charge in [-0.1, -0.05) is 178 Å². The van der Waals surface area contributed by atoms with Gasteiger partial charge in [-0.2, -0.15) is 0 Å². The van der Waals surface area contributed by atoms with Gasteiger partial charge >= 0.3 is 0 Å². The Morgan fingerprint density at radius 1 is 0.873 bits per heavy atom. The average Bonchev–Trinajstić information content (AvgIpc) is 3.28. The van der Waals surface area contributed by atoms with Crippen molar-refractivity contribution >= 4 is 28.1 Å². The van der Waals surface area contributed by atoms with Crippen molar-refractivity contribution in [1.82, 2.24) is 4.90 Å². The summed E-state index contributed by atoms with van der Waals surface area (Å²) in [6, 6.07) is 7.76.